The van der Waals surface area contributed by atoms with Gasteiger partial charge in [0, 0.05) is 59.2 Å². The number of guanidine groups is 1. The normalized spacial score (nSPS) is 20.6. The van der Waals surface area contributed by atoms with Crippen LogP contribution in [0.25, 0.3) is 0 Å². The van der Waals surface area contributed by atoms with Crippen molar-refractivity contribution in [1.82, 2.24) is 19.8 Å². The second-order valence-electron chi connectivity index (χ2n) is 7.53. The van der Waals surface area contributed by atoms with Crippen LogP contribution in [-0.4, -0.2) is 71.4 Å². The van der Waals surface area contributed by atoms with Crippen LogP contribution in [0.3, 0.4) is 0 Å². The van der Waals surface area contributed by atoms with Gasteiger partial charge in [-0.2, -0.15) is 0 Å². The van der Waals surface area contributed by atoms with Gasteiger partial charge in [0.05, 0.1) is 6.10 Å². The van der Waals surface area contributed by atoms with Crippen molar-refractivity contribution in [2.24, 2.45) is 18.0 Å². The van der Waals surface area contributed by atoms with E-state index in [0.717, 1.165) is 45.0 Å². The summed E-state index contributed by atoms with van der Waals surface area (Å²) in [5.41, 5.74) is -0.0657. The van der Waals surface area contributed by atoms with Gasteiger partial charge < -0.3 is 24.8 Å². The number of piperazine rings is 1. The number of rotatable bonds is 4. The number of aromatic nitrogens is 2. The Bertz CT molecular complexity index is 690. The molecule has 8 nitrogen and oxygen atoms in total. The molecule has 3 rings (SSSR count). The monoisotopic (exact) mass is 376 g/mol. The minimum absolute atomic E-state index is 0.0657. The lowest BCUT2D eigenvalue weighted by Gasteiger charge is -2.37. The summed E-state index contributed by atoms with van der Waals surface area (Å²) in [7, 11) is 3.52. The first-order chi connectivity index (χ1) is 13.1. The van der Waals surface area contributed by atoms with Gasteiger partial charge >= 0.3 is 0 Å². The van der Waals surface area contributed by atoms with Crippen LogP contribution in [0.15, 0.2) is 22.2 Å². The molecule has 27 heavy (non-hydrogen) atoms. The Labute approximate surface area is 160 Å². The summed E-state index contributed by atoms with van der Waals surface area (Å²) in [5.74, 6) is 1.73. The van der Waals surface area contributed by atoms with Gasteiger partial charge in [0.1, 0.15) is 0 Å². The van der Waals surface area contributed by atoms with Gasteiger partial charge in [-0.1, -0.05) is 19.3 Å². The lowest BCUT2D eigenvalue weighted by molar-refractivity contribution is 0.0873. The summed E-state index contributed by atoms with van der Waals surface area (Å²) in [6.07, 6.45) is 9.01. The van der Waals surface area contributed by atoms with Gasteiger partial charge in [-0.15, -0.1) is 0 Å². The van der Waals surface area contributed by atoms with E-state index >= 15 is 0 Å². The molecule has 1 unspecified atom stereocenters. The topological polar surface area (TPSA) is 86.0 Å². The lowest BCUT2D eigenvalue weighted by atomic mass is 9.85. The maximum absolute atomic E-state index is 12.2. The lowest BCUT2D eigenvalue weighted by Crippen LogP contribution is -2.54. The first-order valence-corrected chi connectivity index (χ1v) is 10.0. The third-order valence-corrected chi connectivity index (χ3v) is 5.75. The van der Waals surface area contributed by atoms with Crippen molar-refractivity contribution in [2.75, 3.05) is 44.7 Å². The van der Waals surface area contributed by atoms with E-state index in [9.17, 15) is 9.90 Å². The van der Waals surface area contributed by atoms with Crippen LogP contribution >= 0.6 is 0 Å². The number of hydrogen-bond donors (Lipinski definition) is 2. The van der Waals surface area contributed by atoms with E-state index in [2.05, 4.69) is 20.2 Å². The average molecular weight is 377 g/mol. The molecule has 0 amide bonds. The molecule has 1 aromatic rings. The molecular weight excluding hydrogens is 344 g/mol. The maximum atomic E-state index is 12.2. The molecule has 0 radical (unpaired) electrons. The van der Waals surface area contributed by atoms with Crippen LogP contribution in [-0.2, 0) is 7.05 Å². The number of nitrogens with one attached hydrogen (secondary N) is 1. The Morgan fingerprint density at radius 1 is 1.30 bits per heavy atom. The molecule has 2 fully saturated rings. The smallest absolute Gasteiger partial charge is 0.293 e. The van der Waals surface area contributed by atoms with Crippen LogP contribution in [0.2, 0.25) is 0 Å². The quantitative estimate of drug-likeness (QED) is 0.585. The molecule has 1 aliphatic heterocycles. The number of aliphatic imine (C=N–C) groups is 1. The highest BCUT2D eigenvalue weighted by atomic mass is 16.3. The molecule has 0 spiro atoms. The number of hydrogen-bond acceptors (Lipinski definition) is 5. The zero-order chi connectivity index (χ0) is 19.2. The number of aliphatic hydroxyl groups is 1. The molecule has 0 bridgehead atoms. The van der Waals surface area contributed by atoms with Crippen molar-refractivity contribution >= 4 is 11.8 Å². The van der Waals surface area contributed by atoms with Crippen LogP contribution in [0.5, 0.6) is 0 Å². The minimum atomic E-state index is -0.320. The molecule has 1 saturated heterocycles. The minimum Gasteiger partial charge on any atom is -0.391 e. The van der Waals surface area contributed by atoms with E-state index < -0.39 is 0 Å². The van der Waals surface area contributed by atoms with E-state index in [1.54, 1.807) is 31.1 Å². The molecule has 2 aliphatic rings. The number of anilines is 1. The summed E-state index contributed by atoms with van der Waals surface area (Å²) in [6.45, 7) is 3.51. The van der Waals surface area contributed by atoms with Crippen LogP contribution < -0.4 is 15.8 Å². The highest BCUT2D eigenvalue weighted by molar-refractivity contribution is 5.80. The molecule has 150 valence electrons. The Hall–Kier alpha value is -2.09. The summed E-state index contributed by atoms with van der Waals surface area (Å²) in [5, 5.41) is 13.8. The zero-order valence-corrected chi connectivity index (χ0v) is 16.5. The molecule has 0 aromatic carbocycles. The van der Waals surface area contributed by atoms with Crippen molar-refractivity contribution in [2.45, 2.75) is 38.2 Å². The van der Waals surface area contributed by atoms with Crippen molar-refractivity contribution in [3.8, 4) is 0 Å². The molecule has 1 saturated carbocycles. The predicted molar refractivity (Wildman–Crippen MR) is 107 cm³/mol. The molecular formula is C19H32N6O2. The van der Waals surface area contributed by atoms with Gasteiger partial charge in [0.15, 0.2) is 11.8 Å². The van der Waals surface area contributed by atoms with Crippen LogP contribution in [0, 0.1) is 5.92 Å². The first kappa shape index (κ1) is 19.7. The fourth-order valence-corrected chi connectivity index (χ4v) is 4.05. The Balaban J connectivity index is 1.51. The molecule has 1 aromatic heterocycles. The van der Waals surface area contributed by atoms with E-state index in [1.807, 2.05) is 4.90 Å². The highest BCUT2D eigenvalue weighted by Gasteiger charge is 2.25. The summed E-state index contributed by atoms with van der Waals surface area (Å²) < 4.78 is 1.56. The number of nitrogens with zero attached hydrogens (tertiary/aromatic N) is 5. The summed E-state index contributed by atoms with van der Waals surface area (Å²) in [4.78, 5) is 25.1. The Kier molecular flexibility index (Phi) is 6.71. The molecule has 2 heterocycles. The van der Waals surface area contributed by atoms with E-state index in [-0.39, 0.29) is 11.7 Å². The Morgan fingerprint density at radius 3 is 2.67 bits per heavy atom. The second-order valence-corrected chi connectivity index (χ2v) is 7.53. The molecule has 8 heteroatoms. The Morgan fingerprint density at radius 2 is 2.00 bits per heavy atom. The van der Waals surface area contributed by atoms with Gasteiger partial charge in [-0.05, 0) is 18.8 Å². The third kappa shape index (κ3) is 4.80. The maximum Gasteiger partial charge on any atom is 0.293 e. The van der Waals surface area contributed by atoms with Gasteiger partial charge in [0.2, 0.25) is 0 Å². The van der Waals surface area contributed by atoms with Crippen LogP contribution in [0.4, 0.5) is 5.82 Å². The van der Waals surface area contributed by atoms with Crippen molar-refractivity contribution in [3.05, 3.63) is 22.7 Å². The average Bonchev–Trinajstić information content (AvgIpc) is 2.71. The van der Waals surface area contributed by atoms with Gasteiger partial charge in [-0.3, -0.25) is 9.79 Å². The predicted octanol–water partition coefficient (Wildman–Crippen LogP) is 0.419. The second kappa shape index (κ2) is 9.21. The van der Waals surface area contributed by atoms with E-state index in [0.29, 0.717) is 18.3 Å². The standard InChI is InChI=1S/C19H32N6O2/c1-20-19(22-14-16(26)15-6-4-3-5-7-15)25-12-10-24(11-13-25)17-18(27)23(2)9-8-21-17/h8-9,15-16,26H,3-7,10-14H2,1-2H3,(H,20,22). The number of aliphatic hydroxyl groups excluding tert-OH is 1. The van der Waals surface area contributed by atoms with Crippen molar-refractivity contribution in [3.63, 3.8) is 0 Å². The van der Waals surface area contributed by atoms with Crippen LogP contribution in [0.1, 0.15) is 32.1 Å². The van der Waals surface area contributed by atoms with Gasteiger partial charge in [0.25, 0.3) is 5.56 Å². The molecule has 1 atom stereocenters. The largest absolute Gasteiger partial charge is 0.391 e. The molecule has 1 aliphatic carbocycles. The fraction of sp³-hybridized carbons (Fsp3) is 0.737. The van der Waals surface area contributed by atoms with Crippen molar-refractivity contribution < 1.29 is 5.11 Å². The number of aryl methyl sites for hydroxylation is 1. The van der Waals surface area contributed by atoms with E-state index in [4.69, 9.17) is 0 Å². The molecule has 2 N–H and O–H groups in total. The van der Waals surface area contributed by atoms with Gasteiger partial charge in [-0.25, -0.2) is 4.98 Å². The highest BCUT2D eigenvalue weighted by Crippen LogP contribution is 2.26. The fourth-order valence-electron chi connectivity index (χ4n) is 4.05. The summed E-state index contributed by atoms with van der Waals surface area (Å²) >= 11 is 0. The van der Waals surface area contributed by atoms with E-state index in [1.165, 1.54) is 19.3 Å². The zero-order valence-electron chi connectivity index (χ0n) is 16.5. The summed E-state index contributed by atoms with van der Waals surface area (Å²) in [6, 6.07) is 0. The SMILES string of the molecule is CN=C(NCC(O)C1CCCCC1)N1CCN(c2nccn(C)c2=O)CC1. The third-order valence-electron chi connectivity index (χ3n) is 5.75. The van der Waals surface area contributed by atoms with Crippen molar-refractivity contribution in [1.29, 1.82) is 0 Å². The first-order valence-electron chi connectivity index (χ1n) is 10.0.